The number of pyridine rings is 1. The summed E-state index contributed by atoms with van der Waals surface area (Å²) in [6, 6.07) is 8.28. The second kappa shape index (κ2) is 6.85. The number of carbonyl (C=O) groups excluding carboxylic acids is 1. The van der Waals surface area contributed by atoms with Gasteiger partial charge in [-0.1, -0.05) is 17.7 Å². The van der Waals surface area contributed by atoms with Gasteiger partial charge in [0, 0.05) is 17.6 Å². The van der Waals surface area contributed by atoms with Gasteiger partial charge in [0.05, 0.1) is 11.4 Å². The lowest BCUT2D eigenvalue weighted by Gasteiger charge is -2.07. The van der Waals surface area contributed by atoms with E-state index in [2.05, 4.69) is 10.3 Å². The minimum Gasteiger partial charge on any atom is -0.324 e. The van der Waals surface area contributed by atoms with Crippen molar-refractivity contribution in [3.63, 3.8) is 0 Å². The Hall–Kier alpha value is -1.99. The number of carbonyl (C=O) groups is 1. The Morgan fingerprint density at radius 1 is 1.27 bits per heavy atom. The van der Waals surface area contributed by atoms with Crippen LogP contribution < -0.4 is 5.32 Å². The molecule has 0 saturated carbocycles. The first kappa shape index (κ1) is 16.4. The second-order valence-corrected chi connectivity index (χ2v) is 6.90. The van der Waals surface area contributed by atoms with Crippen molar-refractivity contribution in [2.24, 2.45) is 0 Å². The van der Waals surface area contributed by atoms with Gasteiger partial charge in [0.15, 0.2) is 14.9 Å². The molecular weight excluding hydrogens is 331 g/mol. The molecule has 0 saturated heterocycles. The van der Waals surface area contributed by atoms with Crippen molar-refractivity contribution >= 4 is 33.0 Å². The number of hydrogen-bond acceptors (Lipinski definition) is 4. The summed E-state index contributed by atoms with van der Waals surface area (Å²) < 4.78 is 37.5. The van der Waals surface area contributed by atoms with E-state index >= 15 is 0 Å². The Bertz CT molecular complexity index is 782. The van der Waals surface area contributed by atoms with E-state index in [1.807, 2.05) is 0 Å². The Morgan fingerprint density at radius 2 is 2.05 bits per heavy atom. The van der Waals surface area contributed by atoms with Crippen LogP contribution >= 0.6 is 11.6 Å². The second-order valence-electron chi connectivity index (χ2n) is 4.41. The number of amides is 1. The molecule has 0 spiro atoms. The van der Waals surface area contributed by atoms with Crippen molar-refractivity contribution < 1.29 is 17.6 Å². The standard InChI is InChI=1S/C14H12ClFN2O3S/c15-10-4-5-12(11(16)9-10)18-13(19)6-8-22(20,21)14-3-1-2-7-17-14/h1-5,7,9H,6,8H2,(H,18,19). The van der Waals surface area contributed by atoms with Gasteiger partial charge in [0.1, 0.15) is 5.82 Å². The molecule has 116 valence electrons. The average molecular weight is 343 g/mol. The molecule has 1 aromatic heterocycles. The molecule has 0 aliphatic carbocycles. The molecule has 2 rings (SSSR count). The lowest BCUT2D eigenvalue weighted by atomic mass is 10.3. The fraction of sp³-hybridized carbons (Fsp3) is 0.143. The van der Waals surface area contributed by atoms with Crippen LogP contribution in [0, 0.1) is 5.82 Å². The topological polar surface area (TPSA) is 76.1 Å². The highest BCUT2D eigenvalue weighted by Crippen LogP contribution is 2.19. The maximum Gasteiger partial charge on any atom is 0.225 e. The van der Waals surface area contributed by atoms with Crippen LogP contribution in [0.25, 0.3) is 0 Å². The van der Waals surface area contributed by atoms with E-state index in [9.17, 15) is 17.6 Å². The zero-order valence-corrected chi connectivity index (χ0v) is 12.9. The van der Waals surface area contributed by atoms with Crippen LogP contribution in [0.15, 0.2) is 47.6 Å². The summed E-state index contributed by atoms with van der Waals surface area (Å²) >= 11 is 5.60. The number of nitrogens with zero attached hydrogens (tertiary/aromatic N) is 1. The third kappa shape index (κ3) is 4.25. The zero-order valence-electron chi connectivity index (χ0n) is 11.3. The largest absolute Gasteiger partial charge is 0.324 e. The number of anilines is 1. The molecule has 0 atom stereocenters. The highest BCUT2D eigenvalue weighted by molar-refractivity contribution is 7.91. The van der Waals surface area contributed by atoms with Crippen LogP contribution in [0.4, 0.5) is 10.1 Å². The molecule has 1 heterocycles. The Labute approximate surface area is 132 Å². The van der Waals surface area contributed by atoms with Gasteiger partial charge < -0.3 is 5.32 Å². The van der Waals surface area contributed by atoms with E-state index in [0.29, 0.717) is 0 Å². The summed E-state index contributed by atoms with van der Waals surface area (Å²) in [5.74, 6) is -1.71. The minimum absolute atomic E-state index is 0.0513. The number of sulfone groups is 1. The monoisotopic (exact) mass is 342 g/mol. The van der Waals surface area contributed by atoms with Crippen LogP contribution in [0.1, 0.15) is 6.42 Å². The van der Waals surface area contributed by atoms with Gasteiger partial charge in [-0.05, 0) is 30.3 Å². The molecule has 1 amide bonds. The molecule has 8 heteroatoms. The first-order valence-electron chi connectivity index (χ1n) is 6.27. The van der Waals surface area contributed by atoms with Crippen molar-refractivity contribution in [2.75, 3.05) is 11.1 Å². The molecule has 0 aliphatic heterocycles. The lowest BCUT2D eigenvalue weighted by molar-refractivity contribution is -0.115. The van der Waals surface area contributed by atoms with Crippen molar-refractivity contribution in [1.82, 2.24) is 4.98 Å². The molecule has 0 unspecified atom stereocenters. The summed E-state index contributed by atoms with van der Waals surface area (Å²) in [7, 11) is -3.65. The van der Waals surface area contributed by atoms with Crippen LogP contribution in [-0.2, 0) is 14.6 Å². The minimum atomic E-state index is -3.65. The third-order valence-electron chi connectivity index (χ3n) is 2.76. The highest BCUT2D eigenvalue weighted by Gasteiger charge is 2.18. The van der Waals surface area contributed by atoms with E-state index in [-0.39, 0.29) is 22.2 Å². The summed E-state index contributed by atoms with van der Waals surface area (Å²) in [4.78, 5) is 15.5. The molecule has 2 aromatic rings. The normalized spacial score (nSPS) is 11.2. The number of halogens is 2. The molecular formula is C14H12ClFN2O3S. The van der Waals surface area contributed by atoms with Gasteiger partial charge in [-0.25, -0.2) is 17.8 Å². The maximum atomic E-state index is 13.5. The predicted molar refractivity (Wildman–Crippen MR) is 80.9 cm³/mol. The molecule has 1 aromatic carbocycles. The van der Waals surface area contributed by atoms with E-state index in [0.717, 1.165) is 6.07 Å². The SMILES string of the molecule is O=C(CCS(=O)(=O)c1ccccn1)Nc1ccc(Cl)cc1F. The van der Waals surface area contributed by atoms with E-state index < -0.39 is 27.3 Å². The summed E-state index contributed by atoms with van der Waals surface area (Å²) in [5.41, 5.74) is -0.0513. The molecule has 0 fully saturated rings. The zero-order chi connectivity index (χ0) is 16.2. The first-order chi connectivity index (χ1) is 10.4. The Kier molecular flexibility index (Phi) is 5.10. The molecule has 0 radical (unpaired) electrons. The first-order valence-corrected chi connectivity index (χ1v) is 8.30. The fourth-order valence-corrected chi connectivity index (χ4v) is 3.00. The van der Waals surface area contributed by atoms with Crippen LogP contribution in [0.5, 0.6) is 0 Å². The summed E-state index contributed by atoms with van der Waals surface area (Å²) in [6.07, 6.45) is 1.05. The number of nitrogens with one attached hydrogen (secondary N) is 1. The van der Waals surface area contributed by atoms with Crippen molar-refractivity contribution in [1.29, 1.82) is 0 Å². The van der Waals surface area contributed by atoms with Crippen molar-refractivity contribution in [3.8, 4) is 0 Å². The molecule has 0 aliphatic rings. The van der Waals surface area contributed by atoms with Crippen molar-refractivity contribution in [2.45, 2.75) is 11.4 Å². The highest BCUT2D eigenvalue weighted by atomic mass is 35.5. The van der Waals surface area contributed by atoms with Gasteiger partial charge in [0.25, 0.3) is 0 Å². The maximum absolute atomic E-state index is 13.5. The van der Waals surface area contributed by atoms with Crippen molar-refractivity contribution in [3.05, 3.63) is 53.4 Å². The van der Waals surface area contributed by atoms with E-state index in [4.69, 9.17) is 11.6 Å². The van der Waals surface area contributed by atoms with Gasteiger partial charge in [-0.2, -0.15) is 0 Å². The Morgan fingerprint density at radius 3 is 2.68 bits per heavy atom. The summed E-state index contributed by atoms with van der Waals surface area (Å²) in [6.45, 7) is 0. The number of rotatable bonds is 5. The fourth-order valence-electron chi connectivity index (χ4n) is 1.67. The van der Waals surface area contributed by atoms with E-state index in [1.54, 1.807) is 12.1 Å². The number of benzene rings is 1. The van der Waals surface area contributed by atoms with Crippen LogP contribution in [-0.4, -0.2) is 25.1 Å². The predicted octanol–water partition coefficient (Wildman–Crippen LogP) is 2.68. The van der Waals surface area contributed by atoms with Crippen LogP contribution in [0.3, 0.4) is 0 Å². The Balaban J connectivity index is 1.98. The third-order valence-corrected chi connectivity index (χ3v) is 4.61. The average Bonchev–Trinajstić information content (AvgIpc) is 2.49. The summed E-state index contributed by atoms with van der Waals surface area (Å²) in [5, 5.41) is 2.41. The van der Waals surface area contributed by atoms with Gasteiger partial charge in [-0.15, -0.1) is 0 Å². The van der Waals surface area contributed by atoms with Gasteiger partial charge in [-0.3, -0.25) is 4.79 Å². The number of hydrogen-bond donors (Lipinski definition) is 1. The molecule has 0 bridgehead atoms. The lowest BCUT2D eigenvalue weighted by Crippen LogP contribution is -2.18. The van der Waals surface area contributed by atoms with Gasteiger partial charge >= 0.3 is 0 Å². The van der Waals surface area contributed by atoms with Gasteiger partial charge in [0.2, 0.25) is 5.91 Å². The number of aromatic nitrogens is 1. The van der Waals surface area contributed by atoms with E-state index in [1.165, 1.54) is 24.4 Å². The quantitative estimate of drug-likeness (QED) is 0.906. The smallest absolute Gasteiger partial charge is 0.225 e. The molecule has 1 N–H and O–H groups in total. The molecule has 5 nitrogen and oxygen atoms in total. The molecule has 22 heavy (non-hydrogen) atoms. The van der Waals surface area contributed by atoms with Crippen LogP contribution in [0.2, 0.25) is 5.02 Å².